The summed E-state index contributed by atoms with van der Waals surface area (Å²) in [5.41, 5.74) is -0.755. The third kappa shape index (κ3) is 1.86. The van der Waals surface area contributed by atoms with Crippen molar-refractivity contribution in [2.45, 2.75) is 52.6 Å². The van der Waals surface area contributed by atoms with Crippen molar-refractivity contribution in [1.82, 2.24) is 0 Å². The molecule has 1 heterocycles. The Labute approximate surface area is 86.3 Å². The number of ketones is 1. The van der Waals surface area contributed by atoms with Gasteiger partial charge in [-0.05, 0) is 26.1 Å². The van der Waals surface area contributed by atoms with E-state index in [2.05, 4.69) is 0 Å². The van der Waals surface area contributed by atoms with Gasteiger partial charge in [-0.25, -0.2) is 0 Å². The average Bonchev–Trinajstić information content (AvgIpc) is 2.44. The molecule has 1 fully saturated rings. The summed E-state index contributed by atoms with van der Waals surface area (Å²) in [4.78, 5) is 11.5. The van der Waals surface area contributed by atoms with Crippen LogP contribution in [0.4, 0.5) is 0 Å². The van der Waals surface area contributed by atoms with Gasteiger partial charge in [0.25, 0.3) is 0 Å². The molecule has 1 saturated heterocycles. The largest absolute Gasteiger partial charge is 0.457 e. The smallest absolute Gasteiger partial charge is 0.405 e. The second-order valence-electron chi connectivity index (χ2n) is 4.42. The second-order valence-corrected chi connectivity index (χ2v) is 4.42. The van der Waals surface area contributed by atoms with Crippen LogP contribution in [0.15, 0.2) is 0 Å². The topological polar surface area (TPSA) is 35.5 Å². The van der Waals surface area contributed by atoms with Gasteiger partial charge in [-0.15, -0.1) is 0 Å². The quantitative estimate of drug-likeness (QED) is 0.649. The van der Waals surface area contributed by atoms with Crippen molar-refractivity contribution in [3.63, 3.8) is 0 Å². The van der Waals surface area contributed by atoms with Gasteiger partial charge in [0, 0.05) is 0 Å². The Morgan fingerprint density at radius 1 is 1.57 bits per heavy atom. The molecule has 0 aromatic rings. The van der Waals surface area contributed by atoms with Gasteiger partial charge in [0.05, 0.1) is 6.10 Å². The lowest BCUT2D eigenvalue weighted by atomic mass is 9.86. The van der Waals surface area contributed by atoms with E-state index in [1.165, 1.54) is 0 Å². The lowest BCUT2D eigenvalue weighted by molar-refractivity contribution is -0.134. The Morgan fingerprint density at radius 3 is 2.43 bits per heavy atom. The van der Waals surface area contributed by atoms with E-state index in [4.69, 9.17) is 9.31 Å². The molecule has 2 atom stereocenters. The maximum atomic E-state index is 11.5. The minimum atomic E-state index is -0.755. The number of carbonyl (C=O) groups is 1. The van der Waals surface area contributed by atoms with Crippen LogP contribution < -0.4 is 0 Å². The summed E-state index contributed by atoms with van der Waals surface area (Å²) in [5.74, 6) is 0.340. The maximum Gasteiger partial charge on any atom is 0.457 e. The molecular weight excluding hydrogens is 179 g/mol. The van der Waals surface area contributed by atoms with E-state index in [9.17, 15) is 4.79 Å². The fraction of sp³-hybridized carbons (Fsp3) is 0.900. The molecule has 0 amide bonds. The number of carbonyl (C=O) groups excluding carboxylic acids is 1. The minimum Gasteiger partial charge on any atom is -0.405 e. The van der Waals surface area contributed by atoms with Crippen LogP contribution in [0.1, 0.15) is 34.6 Å². The van der Waals surface area contributed by atoms with Crippen LogP contribution >= 0.6 is 0 Å². The van der Waals surface area contributed by atoms with Crippen molar-refractivity contribution in [1.29, 1.82) is 0 Å². The Balaban J connectivity index is 2.87. The summed E-state index contributed by atoms with van der Waals surface area (Å²) in [7, 11) is -0.226. The van der Waals surface area contributed by atoms with Gasteiger partial charge < -0.3 is 9.31 Å². The zero-order valence-corrected chi connectivity index (χ0v) is 9.66. The summed E-state index contributed by atoms with van der Waals surface area (Å²) >= 11 is 0. The molecule has 0 bridgehead atoms. The van der Waals surface area contributed by atoms with E-state index in [1.807, 2.05) is 27.7 Å². The molecule has 0 aromatic carbocycles. The van der Waals surface area contributed by atoms with E-state index >= 15 is 0 Å². The fourth-order valence-electron chi connectivity index (χ4n) is 1.92. The SMILES string of the molecule is CCB1OC(C(C)C)C(C)(C(C)=O)O1. The summed E-state index contributed by atoms with van der Waals surface area (Å²) < 4.78 is 11.4. The van der Waals surface area contributed by atoms with Gasteiger partial charge in [0.2, 0.25) is 0 Å². The Hall–Kier alpha value is -0.345. The molecule has 14 heavy (non-hydrogen) atoms. The van der Waals surface area contributed by atoms with E-state index < -0.39 is 5.60 Å². The van der Waals surface area contributed by atoms with Crippen molar-refractivity contribution in [2.75, 3.05) is 0 Å². The Bertz CT molecular complexity index is 229. The molecule has 80 valence electrons. The lowest BCUT2D eigenvalue weighted by Gasteiger charge is -2.29. The molecule has 0 saturated carbocycles. The summed E-state index contributed by atoms with van der Waals surface area (Å²) in [5, 5.41) is 0. The first-order valence-electron chi connectivity index (χ1n) is 5.26. The molecule has 1 aliphatic heterocycles. The third-order valence-corrected chi connectivity index (χ3v) is 2.86. The van der Waals surface area contributed by atoms with Crippen LogP contribution in [0, 0.1) is 5.92 Å². The molecule has 0 N–H and O–H groups in total. The highest BCUT2D eigenvalue weighted by Gasteiger charge is 2.51. The lowest BCUT2D eigenvalue weighted by Crippen LogP contribution is -2.46. The van der Waals surface area contributed by atoms with Crippen molar-refractivity contribution in [3.05, 3.63) is 0 Å². The normalized spacial score (nSPS) is 32.7. The van der Waals surface area contributed by atoms with Crippen LogP contribution in [0.5, 0.6) is 0 Å². The summed E-state index contributed by atoms with van der Waals surface area (Å²) in [6, 6.07) is 0. The van der Waals surface area contributed by atoms with Crippen LogP contribution in [-0.2, 0) is 14.1 Å². The van der Waals surface area contributed by atoms with Gasteiger partial charge in [-0.2, -0.15) is 0 Å². The first kappa shape index (κ1) is 11.7. The van der Waals surface area contributed by atoms with Crippen molar-refractivity contribution in [3.8, 4) is 0 Å². The zero-order valence-electron chi connectivity index (χ0n) is 9.66. The standard InChI is InChI=1S/C10H19BO3/c1-6-11-13-9(7(2)3)10(5,14-11)8(4)12/h7,9H,6H2,1-5H3. The van der Waals surface area contributed by atoms with E-state index in [-0.39, 0.29) is 19.0 Å². The van der Waals surface area contributed by atoms with Gasteiger partial charge >= 0.3 is 7.12 Å². The monoisotopic (exact) mass is 198 g/mol. The fourth-order valence-corrected chi connectivity index (χ4v) is 1.92. The highest BCUT2D eigenvalue weighted by molar-refractivity contribution is 6.45. The first-order valence-corrected chi connectivity index (χ1v) is 5.26. The van der Waals surface area contributed by atoms with Crippen LogP contribution in [0.25, 0.3) is 0 Å². The van der Waals surface area contributed by atoms with Gasteiger partial charge in [-0.3, -0.25) is 4.79 Å². The highest BCUT2D eigenvalue weighted by atomic mass is 16.7. The predicted molar refractivity (Wildman–Crippen MR) is 56.1 cm³/mol. The van der Waals surface area contributed by atoms with Crippen molar-refractivity contribution in [2.24, 2.45) is 5.92 Å². The molecule has 0 aliphatic carbocycles. The molecule has 1 rings (SSSR count). The number of hydrogen-bond donors (Lipinski definition) is 0. The third-order valence-electron chi connectivity index (χ3n) is 2.86. The Morgan fingerprint density at radius 2 is 2.14 bits per heavy atom. The molecule has 3 nitrogen and oxygen atoms in total. The predicted octanol–water partition coefficient (Wildman–Crippen LogP) is 1.91. The molecular formula is C10H19BO3. The number of hydrogen-bond acceptors (Lipinski definition) is 3. The Kier molecular flexibility index (Phi) is 3.38. The number of rotatable bonds is 3. The van der Waals surface area contributed by atoms with Crippen LogP contribution in [0.2, 0.25) is 6.32 Å². The van der Waals surface area contributed by atoms with Crippen molar-refractivity contribution >= 4 is 12.9 Å². The molecule has 0 aromatic heterocycles. The average molecular weight is 198 g/mol. The van der Waals surface area contributed by atoms with Crippen molar-refractivity contribution < 1.29 is 14.1 Å². The summed E-state index contributed by atoms with van der Waals surface area (Å²) in [6.45, 7) is 9.49. The van der Waals surface area contributed by atoms with Gasteiger partial charge in [-0.1, -0.05) is 20.8 Å². The first-order chi connectivity index (χ1) is 6.41. The second kappa shape index (κ2) is 4.03. The maximum absolute atomic E-state index is 11.5. The zero-order chi connectivity index (χ0) is 10.9. The summed E-state index contributed by atoms with van der Waals surface area (Å²) in [6.07, 6.45) is 0.663. The molecule has 0 spiro atoms. The highest BCUT2D eigenvalue weighted by Crippen LogP contribution is 2.34. The molecule has 4 heteroatoms. The van der Waals surface area contributed by atoms with Crippen LogP contribution in [-0.4, -0.2) is 24.6 Å². The van der Waals surface area contributed by atoms with Gasteiger partial charge in [0.1, 0.15) is 5.60 Å². The molecule has 2 unspecified atom stereocenters. The number of Topliss-reactive ketones (excluding diaryl/α,β-unsaturated/α-hetero) is 1. The van der Waals surface area contributed by atoms with Crippen LogP contribution in [0.3, 0.4) is 0 Å². The molecule has 0 radical (unpaired) electrons. The van der Waals surface area contributed by atoms with E-state index in [1.54, 1.807) is 6.92 Å². The van der Waals surface area contributed by atoms with Gasteiger partial charge in [0.15, 0.2) is 5.78 Å². The van der Waals surface area contributed by atoms with E-state index in [0.717, 1.165) is 6.32 Å². The van der Waals surface area contributed by atoms with E-state index in [0.29, 0.717) is 5.92 Å². The minimum absolute atomic E-state index is 0.0483. The molecule has 1 aliphatic rings.